The van der Waals surface area contributed by atoms with Crippen LogP contribution in [0.5, 0.6) is 0 Å². The summed E-state index contributed by atoms with van der Waals surface area (Å²) in [6.07, 6.45) is 0. The summed E-state index contributed by atoms with van der Waals surface area (Å²) >= 11 is 0. The summed E-state index contributed by atoms with van der Waals surface area (Å²) in [7, 11) is 0. The van der Waals surface area contributed by atoms with E-state index in [1.807, 2.05) is 18.2 Å². The number of aromatic amines is 1. The lowest BCUT2D eigenvalue weighted by molar-refractivity contribution is 0.283. The third kappa shape index (κ3) is 2.50. The summed E-state index contributed by atoms with van der Waals surface area (Å²) in [4.78, 5) is 7.81. The lowest BCUT2D eigenvalue weighted by Crippen LogP contribution is -1.98. The second-order valence-electron chi connectivity index (χ2n) is 5.46. The van der Waals surface area contributed by atoms with Crippen molar-refractivity contribution in [2.24, 2.45) is 0 Å². The average Bonchev–Trinajstić information content (AvgIpc) is 2.85. The number of aliphatic hydroxyl groups is 1. The van der Waals surface area contributed by atoms with Gasteiger partial charge in [-0.15, -0.1) is 0 Å². The number of imidazole rings is 1. The number of aryl methyl sites for hydroxylation is 3. The maximum atomic E-state index is 9.38. The van der Waals surface area contributed by atoms with Crippen molar-refractivity contribution < 1.29 is 5.11 Å². The zero-order valence-electron chi connectivity index (χ0n) is 12.5. The standard InChI is InChI=1S/C17H19N3O/c1-10-7-11(2)15(12(3)8-10)19-17-18-14-6-4-5-13(9-21)16(14)20-17/h4-8,21H,9H2,1-3H3,(H2,18,19,20). The number of aliphatic hydroxyl groups excluding tert-OH is 1. The number of fused-ring (bicyclic) bond motifs is 1. The second-order valence-corrected chi connectivity index (χ2v) is 5.46. The van der Waals surface area contributed by atoms with Crippen LogP contribution >= 0.6 is 0 Å². The Balaban J connectivity index is 2.03. The SMILES string of the molecule is Cc1cc(C)c(Nc2nc3c(CO)cccc3[nH]2)c(C)c1. The summed E-state index contributed by atoms with van der Waals surface area (Å²) in [6.45, 7) is 6.26. The van der Waals surface area contributed by atoms with Gasteiger partial charge in [-0.3, -0.25) is 0 Å². The highest BCUT2D eigenvalue weighted by Crippen LogP contribution is 2.26. The monoisotopic (exact) mass is 281 g/mol. The molecular formula is C17H19N3O. The predicted octanol–water partition coefficient (Wildman–Crippen LogP) is 3.72. The summed E-state index contributed by atoms with van der Waals surface area (Å²) in [5.74, 6) is 0.695. The fraction of sp³-hybridized carbons (Fsp3) is 0.235. The molecule has 0 spiro atoms. The molecule has 0 saturated heterocycles. The first-order chi connectivity index (χ1) is 10.1. The van der Waals surface area contributed by atoms with E-state index < -0.39 is 0 Å². The Morgan fingerprint density at radius 3 is 2.52 bits per heavy atom. The number of rotatable bonds is 3. The number of para-hydroxylation sites is 1. The van der Waals surface area contributed by atoms with Gasteiger partial charge in [-0.1, -0.05) is 29.8 Å². The Morgan fingerprint density at radius 1 is 1.14 bits per heavy atom. The number of hydrogen-bond donors (Lipinski definition) is 3. The van der Waals surface area contributed by atoms with E-state index in [2.05, 4.69) is 48.2 Å². The van der Waals surface area contributed by atoms with Gasteiger partial charge in [0.15, 0.2) is 0 Å². The van der Waals surface area contributed by atoms with Gasteiger partial charge in [-0.2, -0.15) is 0 Å². The second kappa shape index (κ2) is 5.22. The van der Waals surface area contributed by atoms with Crippen LogP contribution in [0, 0.1) is 20.8 Å². The van der Waals surface area contributed by atoms with Crippen LogP contribution in [0.25, 0.3) is 11.0 Å². The molecule has 4 heteroatoms. The topological polar surface area (TPSA) is 60.9 Å². The first-order valence-corrected chi connectivity index (χ1v) is 7.02. The van der Waals surface area contributed by atoms with Crippen LogP contribution in [-0.4, -0.2) is 15.1 Å². The summed E-state index contributed by atoms with van der Waals surface area (Å²) in [5, 5.41) is 12.7. The number of nitrogens with zero attached hydrogens (tertiary/aromatic N) is 1. The first kappa shape index (κ1) is 13.6. The molecule has 4 nitrogen and oxygen atoms in total. The van der Waals surface area contributed by atoms with Crippen LogP contribution < -0.4 is 5.32 Å². The molecule has 0 saturated carbocycles. The van der Waals surface area contributed by atoms with Crippen molar-refractivity contribution in [1.82, 2.24) is 9.97 Å². The van der Waals surface area contributed by atoms with E-state index in [4.69, 9.17) is 0 Å². The average molecular weight is 281 g/mol. The van der Waals surface area contributed by atoms with Gasteiger partial charge in [0.25, 0.3) is 0 Å². The molecule has 0 bridgehead atoms. The molecule has 3 rings (SSSR count). The molecule has 0 atom stereocenters. The van der Waals surface area contributed by atoms with E-state index in [1.165, 1.54) is 16.7 Å². The van der Waals surface area contributed by atoms with Gasteiger partial charge in [-0.25, -0.2) is 4.98 Å². The Bertz CT molecular complexity index is 782. The molecule has 0 fully saturated rings. The lowest BCUT2D eigenvalue weighted by Gasteiger charge is -2.11. The normalized spacial score (nSPS) is 11.0. The number of benzene rings is 2. The highest BCUT2D eigenvalue weighted by molar-refractivity contribution is 5.82. The van der Waals surface area contributed by atoms with Gasteiger partial charge in [0.1, 0.15) is 0 Å². The van der Waals surface area contributed by atoms with E-state index >= 15 is 0 Å². The van der Waals surface area contributed by atoms with Gasteiger partial charge < -0.3 is 15.4 Å². The van der Waals surface area contributed by atoms with Crippen molar-refractivity contribution in [2.75, 3.05) is 5.32 Å². The smallest absolute Gasteiger partial charge is 0.205 e. The van der Waals surface area contributed by atoms with Crippen LogP contribution in [0.3, 0.4) is 0 Å². The van der Waals surface area contributed by atoms with Crippen molar-refractivity contribution in [1.29, 1.82) is 0 Å². The Kier molecular flexibility index (Phi) is 3.39. The number of H-pyrrole nitrogens is 1. The summed E-state index contributed by atoms with van der Waals surface area (Å²) in [6, 6.07) is 10.1. The minimum atomic E-state index is -0.00970. The molecule has 0 aliphatic rings. The fourth-order valence-electron chi connectivity index (χ4n) is 2.77. The fourth-order valence-corrected chi connectivity index (χ4v) is 2.77. The molecule has 0 aliphatic carbocycles. The highest BCUT2D eigenvalue weighted by atomic mass is 16.3. The van der Waals surface area contributed by atoms with E-state index in [-0.39, 0.29) is 6.61 Å². The van der Waals surface area contributed by atoms with Gasteiger partial charge in [-0.05, 0) is 38.0 Å². The van der Waals surface area contributed by atoms with Crippen LogP contribution in [-0.2, 0) is 6.61 Å². The molecule has 21 heavy (non-hydrogen) atoms. The molecule has 108 valence electrons. The third-order valence-corrected chi connectivity index (χ3v) is 3.69. The van der Waals surface area contributed by atoms with Crippen molar-refractivity contribution in [3.05, 3.63) is 52.6 Å². The maximum Gasteiger partial charge on any atom is 0.205 e. The molecule has 1 heterocycles. The van der Waals surface area contributed by atoms with Crippen LogP contribution in [0.1, 0.15) is 22.3 Å². The molecule has 0 unspecified atom stereocenters. The molecule has 0 radical (unpaired) electrons. The molecule has 2 aromatic carbocycles. The highest BCUT2D eigenvalue weighted by Gasteiger charge is 2.09. The van der Waals surface area contributed by atoms with Gasteiger partial charge >= 0.3 is 0 Å². The van der Waals surface area contributed by atoms with Gasteiger partial charge in [0.2, 0.25) is 5.95 Å². The summed E-state index contributed by atoms with van der Waals surface area (Å²) < 4.78 is 0. The predicted molar refractivity (Wildman–Crippen MR) is 86.0 cm³/mol. The molecule has 3 aromatic rings. The van der Waals surface area contributed by atoms with Crippen molar-refractivity contribution in [3.63, 3.8) is 0 Å². The number of aromatic nitrogens is 2. The van der Waals surface area contributed by atoms with Crippen molar-refractivity contribution >= 4 is 22.7 Å². The Hall–Kier alpha value is -2.33. The minimum Gasteiger partial charge on any atom is -0.392 e. The quantitative estimate of drug-likeness (QED) is 0.685. The van der Waals surface area contributed by atoms with Crippen molar-refractivity contribution in [2.45, 2.75) is 27.4 Å². The van der Waals surface area contributed by atoms with E-state index in [0.717, 1.165) is 22.3 Å². The van der Waals surface area contributed by atoms with E-state index in [1.54, 1.807) is 0 Å². The zero-order chi connectivity index (χ0) is 15.0. The van der Waals surface area contributed by atoms with E-state index in [0.29, 0.717) is 5.95 Å². The number of nitrogens with one attached hydrogen (secondary N) is 2. The Morgan fingerprint density at radius 2 is 1.86 bits per heavy atom. The number of hydrogen-bond acceptors (Lipinski definition) is 3. The molecular weight excluding hydrogens is 262 g/mol. The van der Waals surface area contributed by atoms with Gasteiger partial charge in [0.05, 0.1) is 17.6 Å². The minimum absolute atomic E-state index is 0.00970. The van der Waals surface area contributed by atoms with Crippen LogP contribution in [0.2, 0.25) is 0 Å². The number of anilines is 2. The summed E-state index contributed by atoms with van der Waals surface area (Å²) in [5.41, 5.74) is 7.27. The maximum absolute atomic E-state index is 9.38. The molecule has 0 amide bonds. The van der Waals surface area contributed by atoms with Gasteiger partial charge in [0, 0.05) is 11.3 Å². The first-order valence-electron chi connectivity index (χ1n) is 7.02. The molecule has 1 aromatic heterocycles. The molecule has 0 aliphatic heterocycles. The zero-order valence-corrected chi connectivity index (χ0v) is 12.5. The van der Waals surface area contributed by atoms with E-state index in [9.17, 15) is 5.11 Å². The Labute approximate surface area is 123 Å². The van der Waals surface area contributed by atoms with Crippen LogP contribution in [0.4, 0.5) is 11.6 Å². The largest absolute Gasteiger partial charge is 0.392 e. The lowest BCUT2D eigenvalue weighted by atomic mass is 10.1. The van der Waals surface area contributed by atoms with Crippen molar-refractivity contribution in [3.8, 4) is 0 Å². The third-order valence-electron chi connectivity index (χ3n) is 3.69. The molecule has 3 N–H and O–H groups in total. The van der Waals surface area contributed by atoms with Crippen LogP contribution in [0.15, 0.2) is 30.3 Å².